The third-order valence-corrected chi connectivity index (χ3v) is 6.57. The molecule has 1 unspecified atom stereocenters. The number of amides is 1. The summed E-state index contributed by atoms with van der Waals surface area (Å²) in [7, 11) is 3.19. The first-order chi connectivity index (χ1) is 14.2. The van der Waals surface area contributed by atoms with Gasteiger partial charge in [0, 0.05) is 6.07 Å². The van der Waals surface area contributed by atoms with Crippen molar-refractivity contribution in [3.63, 3.8) is 0 Å². The van der Waals surface area contributed by atoms with Gasteiger partial charge in [-0.1, -0.05) is 12.1 Å². The molecule has 4 rings (SSSR count). The highest BCUT2D eigenvalue weighted by atomic mass is 32.1. The number of piperidine rings is 1. The van der Waals surface area contributed by atoms with Crippen LogP contribution in [-0.2, 0) is 4.79 Å². The second-order valence-corrected chi connectivity index (χ2v) is 8.42. The van der Waals surface area contributed by atoms with E-state index in [2.05, 4.69) is 23.5 Å². The van der Waals surface area contributed by atoms with Gasteiger partial charge < -0.3 is 19.7 Å². The normalized spacial score (nSPS) is 19.1. The van der Waals surface area contributed by atoms with E-state index < -0.39 is 0 Å². The van der Waals surface area contributed by atoms with E-state index in [0.717, 1.165) is 31.4 Å². The predicted octanol–water partition coefficient (Wildman–Crippen LogP) is 2.71. The number of rotatable bonds is 6. The van der Waals surface area contributed by atoms with Crippen LogP contribution in [0.4, 0.5) is 5.69 Å². The standard InChI is InChI=1S/C22H25N3O3S/c1-27-16-9-10-17(19(12-16)28-2)23-21(26)14-25-11-5-6-15(13-25)22-24-18-7-3-4-8-20(18)29-22/h3-4,7-10,12,15H,5-6,11,13-14H2,1-2H3,(H,23,26)/p+1/t15-/m0/s1. The number of thiazole rings is 1. The molecule has 0 saturated carbocycles. The number of nitrogens with zero attached hydrogens (tertiary/aromatic N) is 1. The first kappa shape index (κ1) is 19.7. The summed E-state index contributed by atoms with van der Waals surface area (Å²) in [5.41, 5.74) is 1.74. The van der Waals surface area contributed by atoms with Crippen LogP contribution < -0.4 is 19.7 Å². The van der Waals surface area contributed by atoms with Crippen LogP contribution in [-0.4, -0.2) is 44.7 Å². The fourth-order valence-corrected chi connectivity index (χ4v) is 5.01. The number of likely N-dealkylation sites (tertiary alicyclic amines) is 1. The number of nitrogens with one attached hydrogen (secondary N) is 2. The third kappa shape index (κ3) is 4.52. The molecule has 2 N–H and O–H groups in total. The molecule has 0 aliphatic carbocycles. The highest BCUT2D eigenvalue weighted by molar-refractivity contribution is 7.18. The Labute approximate surface area is 174 Å². The predicted molar refractivity (Wildman–Crippen MR) is 115 cm³/mol. The minimum atomic E-state index is -0.00610. The van der Waals surface area contributed by atoms with E-state index in [4.69, 9.17) is 14.5 Å². The molecule has 2 atom stereocenters. The number of methoxy groups -OCH3 is 2. The quantitative estimate of drug-likeness (QED) is 0.653. The minimum Gasteiger partial charge on any atom is -0.497 e. The van der Waals surface area contributed by atoms with E-state index >= 15 is 0 Å². The van der Waals surface area contributed by atoms with Gasteiger partial charge in [-0.2, -0.15) is 0 Å². The average molecular weight is 413 g/mol. The zero-order valence-corrected chi connectivity index (χ0v) is 17.6. The van der Waals surface area contributed by atoms with Crippen LogP contribution in [0.25, 0.3) is 10.2 Å². The minimum absolute atomic E-state index is 0.00610. The van der Waals surface area contributed by atoms with E-state index in [0.29, 0.717) is 29.6 Å². The molecule has 3 aromatic rings. The number of para-hydroxylation sites is 1. The molecule has 1 aromatic heterocycles. The van der Waals surface area contributed by atoms with Gasteiger partial charge in [-0.25, -0.2) is 4.98 Å². The Morgan fingerprint density at radius 2 is 2.10 bits per heavy atom. The maximum Gasteiger partial charge on any atom is 0.279 e. The maximum atomic E-state index is 12.7. The first-order valence-corrected chi connectivity index (χ1v) is 10.7. The van der Waals surface area contributed by atoms with Gasteiger partial charge in [0.2, 0.25) is 0 Å². The molecule has 7 heteroatoms. The van der Waals surface area contributed by atoms with E-state index in [9.17, 15) is 4.79 Å². The van der Waals surface area contributed by atoms with Gasteiger partial charge in [0.25, 0.3) is 5.91 Å². The molecule has 29 heavy (non-hydrogen) atoms. The summed E-state index contributed by atoms with van der Waals surface area (Å²) in [5, 5.41) is 4.18. The van der Waals surface area contributed by atoms with Crippen LogP contribution in [0.1, 0.15) is 23.8 Å². The molecule has 1 amide bonds. The van der Waals surface area contributed by atoms with Crippen LogP contribution in [0.15, 0.2) is 42.5 Å². The molecule has 0 bridgehead atoms. The van der Waals surface area contributed by atoms with Gasteiger partial charge in [-0.15, -0.1) is 11.3 Å². The third-order valence-electron chi connectivity index (χ3n) is 5.37. The summed E-state index contributed by atoms with van der Waals surface area (Å²) in [6.45, 7) is 2.39. The van der Waals surface area contributed by atoms with Gasteiger partial charge in [0.15, 0.2) is 6.54 Å². The fraction of sp³-hybridized carbons (Fsp3) is 0.364. The molecule has 2 heterocycles. The molecule has 6 nitrogen and oxygen atoms in total. The Morgan fingerprint density at radius 1 is 1.24 bits per heavy atom. The second-order valence-electron chi connectivity index (χ2n) is 7.35. The van der Waals surface area contributed by atoms with Crippen LogP contribution in [0.3, 0.4) is 0 Å². The number of hydrogen-bond donors (Lipinski definition) is 2. The lowest BCUT2D eigenvalue weighted by atomic mass is 9.99. The van der Waals surface area contributed by atoms with Gasteiger partial charge in [0.1, 0.15) is 16.5 Å². The number of anilines is 1. The molecular weight excluding hydrogens is 386 g/mol. The Balaban J connectivity index is 1.39. The summed E-state index contributed by atoms with van der Waals surface area (Å²) in [6, 6.07) is 13.7. The number of quaternary nitrogens is 1. The smallest absolute Gasteiger partial charge is 0.279 e. The lowest BCUT2D eigenvalue weighted by Crippen LogP contribution is -3.14. The van der Waals surface area contributed by atoms with Crippen molar-refractivity contribution in [2.45, 2.75) is 18.8 Å². The van der Waals surface area contributed by atoms with Crippen molar-refractivity contribution >= 4 is 33.1 Å². The van der Waals surface area contributed by atoms with Crippen molar-refractivity contribution in [2.75, 3.05) is 39.2 Å². The molecule has 2 aromatic carbocycles. The second kappa shape index (κ2) is 8.80. The number of fused-ring (bicyclic) bond motifs is 1. The van der Waals surface area contributed by atoms with Crippen molar-refractivity contribution < 1.29 is 19.2 Å². The Kier molecular flexibility index (Phi) is 5.97. The SMILES string of the molecule is COc1ccc(NC(=O)C[NH+]2CCC[C@H](c3nc4ccccc4s3)C2)c(OC)c1. The lowest BCUT2D eigenvalue weighted by Gasteiger charge is -2.28. The molecule has 0 spiro atoms. The van der Waals surface area contributed by atoms with Gasteiger partial charge in [0.05, 0.1) is 49.1 Å². The topological polar surface area (TPSA) is 64.9 Å². The summed E-state index contributed by atoms with van der Waals surface area (Å²) < 4.78 is 11.8. The van der Waals surface area contributed by atoms with Crippen molar-refractivity contribution in [1.29, 1.82) is 0 Å². The largest absolute Gasteiger partial charge is 0.497 e. The zero-order valence-electron chi connectivity index (χ0n) is 16.7. The Bertz CT molecular complexity index is 971. The summed E-state index contributed by atoms with van der Waals surface area (Å²) in [5.74, 6) is 1.70. The number of hydrogen-bond acceptors (Lipinski definition) is 5. The molecule has 1 aliphatic rings. The molecule has 1 fully saturated rings. The highest BCUT2D eigenvalue weighted by Crippen LogP contribution is 2.30. The number of aromatic nitrogens is 1. The fourth-order valence-electron chi connectivity index (χ4n) is 3.91. The van der Waals surface area contributed by atoms with Crippen LogP contribution in [0.5, 0.6) is 11.5 Å². The summed E-state index contributed by atoms with van der Waals surface area (Å²) in [6.07, 6.45) is 2.24. The van der Waals surface area contributed by atoms with Crippen molar-refractivity contribution in [2.24, 2.45) is 0 Å². The van der Waals surface area contributed by atoms with Crippen LogP contribution in [0.2, 0.25) is 0 Å². The van der Waals surface area contributed by atoms with E-state index in [-0.39, 0.29) is 5.91 Å². The zero-order chi connectivity index (χ0) is 20.2. The molecule has 152 valence electrons. The molecule has 1 saturated heterocycles. The van der Waals surface area contributed by atoms with Gasteiger partial charge >= 0.3 is 0 Å². The van der Waals surface area contributed by atoms with E-state index in [1.165, 1.54) is 14.6 Å². The Hall–Kier alpha value is -2.64. The Morgan fingerprint density at radius 3 is 2.90 bits per heavy atom. The number of carbonyl (C=O) groups is 1. The van der Waals surface area contributed by atoms with Crippen LogP contribution in [0, 0.1) is 0 Å². The van der Waals surface area contributed by atoms with Crippen molar-refractivity contribution in [1.82, 2.24) is 4.98 Å². The maximum absolute atomic E-state index is 12.7. The van der Waals surface area contributed by atoms with Crippen molar-refractivity contribution in [3.8, 4) is 11.5 Å². The molecule has 0 radical (unpaired) electrons. The monoisotopic (exact) mass is 412 g/mol. The van der Waals surface area contributed by atoms with Crippen molar-refractivity contribution in [3.05, 3.63) is 47.5 Å². The highest BCUT2D eigenvalue weighted by Gasteiger charge is 2.28. The number of benzene rings is 2. The molecular formula is C22H26N3O3S+. The number of carbonyl (C=O) groups excluding carboxylic acids is 1. The van der Waals surface area contributed by atoms with Crippen LogP contribution >= 0.6 is 11.3 Å². The number of ether oxygens (including phenoxy) is 2. The average Bonchev–Trinajstić information content (AvgIpc) is 3.18. The summed E-state index contributed by atoms with van der Waals surface area (Å²) >= 11 is 1.78. The first-order valence-electron chi connectivity index (χ1n) is 9.87. The van der Waals surface area contributed by atoms with Gasteiger partial charge in [-0.05, 0) is 37.1 Å². The summed E-state index contributed by atoms with van der Waals surface area (Å²) in [4.78, 5) is 18.8. The van der Waals surface area contributed by atoms with E-state index in [1.807, 2.05) is 18.2 Å². The molecule has 1 aliphatic heterocycles. The van der Waals surface area contributed by atoms with Gasteiger partial charge in [-0.3, -0.25) is 4.79 Å². The lowest BCUT2D eigenvalue weighted by molar-refractivity contribution is -0.898. The van der Waals surface area contributed by atoms with E-state index in [1.54, 1.807) is 31.6 Å².